The molecule has 3 heterocycles. The Morgan fingerprint density at radius 2 is 1.86 bits per heavy atom. The molecule has 0 bridgehead atoms. The summed E-state index contributed by atoms with van der Waals surface area (Å²) < 4.78 is 6.66. The Labute approximate surface area is 168 Å². The van der Waals surface area contributed by atoms with Crippen LogP contribution in [0.5, 0.6) is 0 Å². The summed E-state index contributed by atoms with van der Waals surface area (Å²) in [4.78, 5) is 30.7. The van der Waals surface area contributed by atoms with Crippen molar-refractivity contribution >= 4 is 23.3 Å². The van der Waals surface area contributed by atoms with Gasteiger partial charge in [0.2, 0.25) is 0 Å². The molecule has 2 aromatic heterocycles. The van der Waals surface area contributed by atoms with E-state index in [0.717, 1.165) is 18.8 Å². The van der Waals surface area contributed by atoms with Gasteiger partial charge in [0, 0.05) is 43.1 Å². The number of carbonyl (C=O) groups is 2. The first-order valence-electron chi connectivity index (χ1n) is 9.47. The molecule has 0 spiro atoms. The van der Waals surface area contributed by atoms with E-state index in [1.807, 2.05) is 24.3 Å². The average Bonchev–Trinajstić information content (AvgIpc) is 3.47. The molecule has 1 fully saturated rings. The molecular formula is C21H21N5O3. The van der Waals surface area contributed by atoms with Crippen LogP contribution in [0.4, 0.5) is 11.4 Å². The van der Waals surface area contributed by atoms with Crippen molar-refractivity contribution in [2.75, 3.05) is 29.9 Å². The molecule has 8 heteroatoms. The van der Waals surface area contributed by atoms with E-state index in [9.17, 15) is 9.59 Å². The van der Waals surface area contributed by atoms with Crippen LogP contribution in [-0.2, 0) is 9.53 Å². The van der Waals surface area contributed by atoms with Crippen LogP contribution in [0.2, 0.25) is 0 Å². The monoisotopic (exact) mass is 391 g/mol. The molecule has 1 aliphatic heterocycles. The van der Waals surface area contributed by atoms with E-state index < -0.39 is 11.9 Å². The van der Waals surface area contributed by atoms with E-state index in [-0.39, 0.29) is 12.2 Å². The van der Waals surface area contributed by atoms with Crippen molar-refractivity contribution in [3.63, 3.8) is 0 Å². The van der Waals surface area contributed by atoms with Crippen LogP contribution < -0.4 is 10.2 Å². The number of nitrogens with one attached hydrogen (secondary N) is 1. The lowest BCUT2D eigenvalue weighted by atomic mass is 10.2. The van der Waals surface area contributed by atoms with Gasteiger partial charge < -0.3 is 15.0 Å². The highest BCUT2D eigenvalue weighted by atomic mass is 16.5. The van der Waals surface area contributed by atoms with E-state index >= 15 is 0 Å². The van der Waals surface area contributed by atoms with Crippen LogP contribution >= 0.6 is 0 Å². The van der Waals surface area contributed by atoms with Gasteiger partial charge in [0.1, 0.15) is 0 Å². The van der Waals surface area contributed by atoms with Crippen molar-refractivity contribution in [3.8, 4) is 5.82 Å². The lowest BCUT2D eigenvalue weighted by Crippen LogP contribution is -2.21. The molecule has 1 saturated heterocycles. The molecule has 4 rings (SSSR count). The second-order valence-corrected chi connectivity index (χ2v) is 6.72. The van der Waals surface area contributed by atoms with Gasteiger partial charge in [-0.05, 0) is 55.3 Å². The smallest absolute Gasteiger partial charge is 0.340 e. The van der Waals surface area contributed by atoms with Crippen LogP contribution in [0.1, 0.15) is 23.2 Å². The van der Waals surface area contributed by atoms with Gasteiger partial charge >= 0.3 is 5.97 Å². The van der Waals surface area contributed by atoms with Gasteiger partial charge in [-0.3, -0.25) is 4.79 Å². The van der Waals surface area contributed by atoms with Crippen molar-refractivity contribution in [1.29, 1.82) is 0 Å². The fourth-order valence-corrected chi connectivity index (χ4v) is 3.19. The maximum atomic E-state index is 12.1. The van der Waals surface area contributed by atoms with Crippen LogP contribution in [0, 0.1) is 0 Å². The highest BCUT2D eigenvalue weighted by Crippen LogP contribution is 2.22. The summed E-state index contributed by atoms with van der Waals surface area (Å²) in [6.07, 6.45) is 7.22. The van der Waals surface area contributed by atoms with Crippen molar-refractivity contribution in [3.05, 3.63) is 66.6 Å². The third-order valence-corrected chi connectivity index (χ3v) is 4.68. The molecule has 3 aromatic rings. The maximum absolute atomic E-state index is 12.1. The number of hydrogen-bond acceptors (Lipinski definition) is 6. The van der Waals surface area contributed by atoms with Gasteiger partial charge in [0.15, 0.2) is 12.4 Å². The first-order valence-corrected chi connectivity index (χ1v) is 9.47. The summed E-state index contributed by atoms with van der Waals surface area (Å²) in [5.41, 5.74) is 2.08. The molecule has 1 amide bonds. The fraction of sp³-hybridized carbons (Fsp3) is 0.238. The molecule has 29 heavy (non-hydrogen) atoms. The minimum absolute atomic E-state index is 0.267. The molecule has 1 aliphatic rings. The number of nitrogens with zero attached hydrogens (tertiary/aromatic N) is 4. The molecule has 0 atom stereocenters. The van der Waals surface area contributed by atoms with E-state index in [1.54, 1.807) is 35.3 Å². The van der Waals surface area contributed by atoms with Crippen LogP contribution in [-0.4, -0.2) is 46.3 Å². The Balaban J connectivity index is 1.27. The number of hydrogen-bond donors (Lipinski definition) is 1. The van der Waals surface area contributed by atoms with Gasteiger partial charge in [-0.2, -0.15) is 5.10 Å². The third-order valence-electron chi connectivity index (χ3n) is 4.68. The molecular weight excluding hydrogens is 370 g/mol. The number of carbonyl (C=O) groups excluding carboxylic acids is 2. The maximum Gasteiger partial charge on any atom is 0.340 e. The largest absolute Gasteiger partial charge is 0.452 e. The van der Waals surface area contributed by atoms with Gasteiger partial charge in [-0.1, -0.05) is 0 Å². The van der Waals surface area contributed by atoms with Crippen LogP contribution in [0.15, 0.2) is 61.1 Å². The Morgan fingerprint density at radius 1 is 1.07 bits per heavy atom. The van der Waals surface area contributed by atoms with Crippen molar-refractivity contribution in [2.45, 2.75) is 12.8 Å². The van der Waals surface area contributed by atoms with Gasteiger partial charge in [-0.25, -0.2) is 14.5 Å². The summed E-state index contributed by atoms with van der Waals surface area (Å²) in [5, 5.41) is 6.80. The molecule has 0 radical (unpaired) electrons. The first-order chi connectivity index (χ1) is 14.2. The minimum Gasteiger partial charge on any atom is -0.452 e. The van der Waals surface area contributed by atoms with Crippen LogP contribution in [0.3, 0.4) is 0 Å². The van der Waals surface area contributed by atoms with Crippen LogP contribution in [0.25, 0.3) is 5.82 Å². The van der Waals surface area contributed by atoms with Crippen molar-refractivity contribution in [2.24, 2.45) is 0 Å². The molecule has 0 unspecified atom stereocenters. The summed E-state index contributed by atoms with van der Waals surface area (Å²) in [7, 11) is 0. The van der Waals surface area contributed by atoms with E-state index in [1.165, 1.54) is 19.0 Å². The van der Waals surface area contributed by atoms with E-state index in [2.05, 4.69) is 20.3 Å². The number of anilines is 2. The number of ether oxygens (including phenoxy) is 1. The molecule has 0 aliphatic carbocycles. The lowest BCUT2D eigenvalue weighted by Gasteiger charge is -2.17. The fourth-order valence-electron chi connectivity index (χ4n) is 3.19. The lowest BCUT2D eigenvalue weighted by molar-refractivity contribution is -0.119. The number of aromatic nitrogens is 3. The number of benzene rings is 1. The topological polar surface area (TPSA) is 89.4 Å². The zero-order chi connectivity index (χ0) is 20.1. The highest BCUT2D eigenvalue weighted by Gasteiger charge is 2.13. The number of rotatable bonds is 6. The molecule has 1 aromatic carbocycles. The molecule has 8 nitrogen and oxygen atoms in total. The Bertz CT molecular complexity index is 963. The predicted octanol–water partition coefficient (Wildman–Crippen LogP) is 2.66. The van der Waals surface area contributed by atoms with Gasteiger partial charge in [-0.15, -0.1) is 0 Å². The van der Waals surface area contributed by atoms with Crippen molar-refractivity contribution in [1.82, 2.24) is 14.8 Å². The number of amides is 1. The molecule has 0 saturated carbocycles. The third kappa shape index (κ3) is 4.60. The molecule has 148 valence electrons. The summed E-state index contributed by atoms with van der Waals surface area (Å²) in [5.74, 6) is -0.417. The predicted molar refractivity (Wildman–Crippen MR) is 108 cm³/mol. The SMILES string of the molecule is O=C(COC(=O)c1ccc(-n2cccn2)nc1)Nc1ccc(N2CCCC2)cc1. The Kier molecular flexibility index (Phi) is 5.51. The summed E-state index contributed by atoms with van der Waals surface area (Å²) >= 11 is 0. The number of pyridine rings is 1. The zero-order valence-electron chi connectivity index (χ0n) is 15.8. The zero-order valence-corrected chi connectivity index (χ0v) is 15.8. The Hall–Kier alpha value is -3.68. The minimum atomic E-state index is -0.607. The normalized spacial score (nSPS) is 13.3. The second-order valence-electron chi connectivity index (χ2n) is 6.72. The second kappa shape index (κ2) is 8.55. The molecule has 1 N–H and O–H groups in total. The van der Waals surface area contributed by atoms with E-state index in [4.69, 9.17) is 4.74 Å². The van der Waals surface area contributed by atoms with Crippen molar-refractivity contribution < 1.29 is 14.3 Å². The standard InChI is InChI=1S/C21H21N5O3/c27-20(24-17-5-7-18(8-6-17)25-11-1-2-12-25)15-29-21(28)16-4-9-19(22-14-16)26-13-3-10-23-26/h3-10,13-14H,1-2,11-12,15H2,(H,24,27). The Morgan fingerprint density at radius 3 is 2.52 bits per heavy atom. The first kappa shape index (κ1) is 18.7. The quantitative estimate of drug-likeness (QED) is 0.650. The van der Waals surface area contributed by atoms with Gasteiger partial charge in [0.05, 0.1) is 5.56 Å². The summed E-state index contributed by atoms with van der Waals surface area (Å²) in [6.45, 7) is 1.77. The van der Waals surface area contributed by atoms with Gasteiger partial charge in [0.25, 0.3) is 5.91 Å². The summed E-state index contributed by atoms with van der Waals surface area (Å²) in [6, 6.07) is 12.7. The highest BCUT2D eigenvalue weighted by molar-refractivity contribution is 5.95. The van der Waals surface area contributed by atoms with E-state index in [0.29, 0.717) is 11.5 Å². The average molecular weight is 391 g/mol. The number of esters is 1.